The zero-order valence-corrected chi connectivity index (χ0v) is 18.4. The van der Waals surface area contributed by atoms with Crippen molar-refractivity contribution in [3.05, 3.63) is 65.0 Å². The Morgan fingerprint density at radius 1 is 1.26 bits per heavy atom. The first-order chi connectivity index (χ1) is 14.7. The molecule has 31 heavy (non-hydrogen) atoms. The van der Waals surface area contributed by atoms with E-state index in [9.17, 15) is 14.0 Å². The van der Waals surface area contributed by atoms with Gasteiger partial charge in [-0.05, 0) is 62.4 Å². The average molecular weight is 429 g/mol. The van der Waals surface area contributed by atoms with Gasteiger partial charge in [-0.2, -0.15) is 0 Å². The first kappa shape index (κ1) is 22.7. The average Bonchev–Trinajstić information content (AvgIpc) is 3.02. The molecule has 1 saturated heterocycles. The van der Waals surface area contributed by atoms with Crippen LogP contribution in [0, 0.1) is 12.7 Å². The van der Waals surface area contributed by atoms with Crippen molar-refractivity contribution >= 4 is 17.7 Å². The minimum Gasteiger partial charge on any atom is -0.444 e. The SMILES string of the molecule is CC(=O)Nc1cc(F)c(C)c(CC[C@H]2COC(C)(C)N2C(=O)OCc2ccccc2)c1. The number of carbonyl (C=O) groups excluding carboxylic acids is 2. The van der Waals surface area contributed by atoms with E-state index in [1.807, 2.05) is 44.2 Å². The van der Waals surface area contributed by atoms with Crippen LogP contribution in [0.3, 0.4) is 0 Å². The predicted octanol–water partition coefficient (Wildman–Crippen LogP) is 4.80. The summed E-state index contributed by atoms with van der Waals surface area (Å²) in [5.74, 6) is -0.629. The summed E-state index contributed by atoms with van der Waals surface area (Å²) < 4.78 is 25.7. The van der Waals surface area contributed by atoms with E-state index in [0.29, 0.717) is 30.7 Å². The van der Waals surface area contributed by atoms with Gasteiger partial charge < -0.3 is 14.8 Å². The lowest BCUT2D eigenvalue weighted by atomic mass is 9.99. The second-order valence-corrected chi connectivity index (χ2v) is 8.28. The van der Waals surface area contributed by atoms with Crippen LogP contribution in [0.25, 0.3) is 0 Å². The number of hydrogen-bond donors (Lipinski definition) is 1. The molecule has 0 aliphatic carbocycles. The number of halogens is 1. The summed E-state index contributed by atoms with van der Waals surface area (Å²) in [5.41, 5.74) is 1.85. The van der Waals surface area contributed by atoms with Gasteiger partial charge in [0.05, 0.1) is 12.6 Å². The highest BCUT2D eigenvalue weighted by molar-refractivity contribution is 5.88. The van der Waals surface area contributed by atoms with Crippen LogP contribution in [0.4, 0.5) is 14.9 Å². The maximum absolute atomic E-state index is 14.3. The largest absolute Gasteiger partial charge is 0.444 e. The van der Waals surface area contributed by atoms with Crippen LogP contribution in [0.15, 0.2) is 42.5 Å². The highest BCUT2D eigenvalue weighted by Crippen LogP contribution is 2.31. The minimum atomic E-state index is -0.795. The van der Waals surface area contributed by atoms with E-state index in [2.05, 4.69) is 5.32 Å². The molecule has 6 nitrogen and oxygen atoms in total. The molecule has 2 aromatic rings. The van der Waals surface area contributed by atoms with Crippen LogP contribution in [0.5, 0.6) is 0 Å². The number of benzene rings is 2. The molecule has 0 spiro atoms. The second-order valence-electron chi connectivity index (χ2n) is 8.28. The third kappa shape index (κ3) is 5.61. The van der Waals surface area contributed by atoms with Crippen molar-refractivity contribution in [2.24, 2.45) is 0 Å². The maximum atomic E-state index is 14.3. The Bertz CT molecular complexity index is 946. The highest BCUT2D eigenvalue weighted by Gasteiger charge is 2.44. The van der Waals surface area contributed by atoms with E-state index in [1.165, 1.54) is 13.0 Å². The lowest BCUT2D eigenvalue weighted by Gasteiger charge is -2.32. The van der Waals surface area contributed by atoms with Crippen LogP contribution in [0.1, 0.15) is 43.9 Å². The Kier molecular flexibility index (Phi) is 6.95. The Hall–Kier alpha value is -2.93. The number of carbonyl (C=O) groups is 2. The quantitative estimate of drug-likeness (QED) is 0.718. The van der Waals surface area contributed by atoms with E-state index < -0.39 is 11.8 Å². The molecule has 2 aromatic carbocycles. The van der Waals surface area contributed by atoms with Gasteiger partial charge in [0.2, 0.25) is 5.91 Å². The fraction of sp³-hybridized carbons (Fsp3) is 0.417. The van der Waals surface area contributed by atoms with Crippen molar-refractivity contribution in [2.75, 3.05) is 11.9 Å². The van der Waals surface area contributed by atoms with E-state index in [0.717, 1.165) is 11.1 Å². The Morgan fingerprint density at radius 3 is 2.65 bits per heavy atom. The van der Waals surface area contributed by atoms with Gasteiger partial charge in [-0.1, -0.05) is 30.3 Å². The third-order valence-corrected chi connectivity index (χ3v) is 5.50. The number of amides is 2. The fourth-order valence-electron chi connectivity index (χ4n) is 3.85. The lowest BCUT2D eigenvalue weighted by Crippen LogP contribution is -2.48. The van der Waals surface area contributed by atoms with Crippen LogP contribution in [0.2, 0.25) is 0 Å². The number of ether oxygens (including phenoxy) is 2. The van der Waals surface area contributed by atoms with Gasteiger partial charge >= 0.3 is 6.09 Å². The summed E-state index contributed by atoms with van der Waals surface area (Å²) in [6, 6.07) is 12.4. The normalized spacial score (nSPS) is 17.5. The zero-order chi connectivity index (χ0) is 22.6. The Morgan fingerprint density at radius 2 is 1.97 bits per heavy atom. The number of nitrogens with zero attached hydrogens (tertiary/aromatic N) is 1. The molecule has 1 aliphatic rings. The van der Waals surface area contributed by atoms with Crippen LogP contribution < -0.4 is 5.32 Å². The van der Waals surface area contributed by atoms with E-state index in [1.54, 1.807) is 17.9 Å². The van der Waals surface area contributed by atoms with Gasteiger partial charge in [-0.25, -0.2) is 9.18 Å². The predicted molar refractivity (Wildman–Crippen MR) is 116 cm³/mol. The van der Waals surface area contributed by atoms with Crippen molar-refractivity contribution in [1.29, 1.82) is 0 Å². The molecule has 0 saturated carbocycles. The lowest BCUT2D eigenvalue weighted by molar-refractivity contribution is -0.114. The monoisotopic (exact) mass is 428 g/mol. The molecule has 1 heterocycles. The molecule has 2 amide bonds. The number of aryl methyl sites for hydroxylation is 1. The summed E-state index contributed by atoms with van der Waals surface area (Å²) in [6.07, 6.45) is 0.669. The number of anilines is 1. The fourth-order valence-corrected chi connectivity index (χ4v) is 3.85. The first-order valence-electron chi connectivity index (χ1n) is 10.4. The summed E-state index contributed by atoms with van der Waals surface area (Å²) >= 11 is 0. The van der Waals surface area contributed by atoms with Gasteiger partial charge in [-0.15, -0.1) is 0 Å². The number of nitrogens with one attached hydrogen (secondary N) is 1. The summed E-state index contributed by atoms with van der Waals surface area (Å²) in [6.45, 7) is 7.32. The summed E-state index contributed by atoms with van der Waals surface area (Å²) in [4.78, 5) is 25.8. The van der Waals surface area contributed by atoms with E-state index in [4.69, 9.17) is 9.47 Å². The molecule has 1 aliphatic heterocycles. The van der Waals surface area contributed by atoms with E-state index in [-0.39, 0.29) is 24.4 Å². The molecular weight excluding hydrogens is 399 g/mol. The van der Waals surface area contributed by atoms with Gasteiger partial charge in [-0.3, -0.25) is 9.69 Å². The van der Waals surface area contributed by atoms with Crippen LogP contribution >= 0.6 is 0 Å². The smallest absolute Gasteiger partial charge is 0.412 e. The molecule has 7 heteroatoms. The topological polar surface area (TPSA) is 67.9 Å². The number of hydrogen-bond acceptors (Lipinski definition) is 4. The van der Waals surface area contributed by atoms with Crippen molar-refractivity contribution in [1.82, 2.24) is 4.90 Å². The first-order valence-corrected chi connectivity index (χ1v) is 10.4. The standard InChI is InChI=1S/C24H29FN2O4/c1-16-19(12-20(13-22(16)25)26-17(2)28)10-11-21-15-31-24(3,4)27(21)23(29)30-14-18-8-6-5-7-9-18/h5-9,12-13,21H,10-11,14-15H2,1-4H3,(H,26,28)/t21-/m0/s1. The van der Waals surface area contributed by atoms with Crippen molar-refractivity contribution < 1.29 is 23.5 Å². The van der Waals surface area contributed by atoms with Crippen molar-refractivity contribution in [2.45, 2.75) is 58.9 Å². The molecule has 0 aromatic heterocycles. The maximum Gasteiger partial charge on any atom is 0.412 e. The summed E-state index contributed by atoms with van der Waals surface area (Å²) in [5, 5.41) is 2.63. The third-order valence-electron chi connectivity index (χ3n) is 5.50. The van der Waals surface area contributed by atoms with Gasteiger partial charge in [0.25, 0.3) is 0 Å². The molecule has 1 N–H and O–H groups in total. The molecule has 1 atom stereocenters. The molecule has 1 fully saturated rings. The molecule has 166 valence electrons. The Labute approximate surface area is 182 Å². The molecule has 0 unspecified atom stereocenters. The van der Waals surface area contributed by atoms with Crippen LogP contribution in [-0.4, -0.2) is 35.3 Å². The van der Waals surface area contributed by atoms with Gasteiger partial charge in [0.15, 0.2) is 0 Å². The zero-order valence-electron chi connectivity index (χ0n) is 18.4. The van der Waals surface area contributed by atoms with Crippen molar-refractivity contribution in [3.63, 3.8) is 0 Å². The minimum absolute atomic E-state index is 0.183. The van der Waals surface area contributed by atoms with Gasteiger partial charge in [0, 0.05) is 12.6 Å². The molecule has 0 bridgehead atoms. The summed E-state index contributed by atoms with van der Waals surface area (Å²) in [7, 11) is 0. The van der Waals surface area contributed by atoms with E-state index >= 15 is 0 Å². The van der Waals surface area contributed by atoms with Crippen LogP contribution in [-0.2, 0) is 27.3 Å². The molecular formula is C24H29FN2O4. The molecule has 0 radical (unpaired) electrons. The molecule has 3 rings (SSSR count). The Balaban J connectivity index is 1.69. The van der Waals surface area contributed by atoms with Crippen molar-refractivity contribution in [3.8, 4) is 0 Å². The number of rotatable bonds is 6. The highest BCUT2D eigenvalue weighted by atomic mass is 19.1. The van der Waals surface area contributed by atoms with Gasteiger partial charge in [0.1, 0.15) is 18.1 Å². The second kappa shape index (κ2) is 9.47.